The van der Waals surface area contributed by atoms with Gasteiger partial charge in [0.25, 0.3) is 0 Å². The van der Waals surface area contributed by atoms with Crippen LogP contribution in [-0.2, 0) is 12.8 Å². The fourth-order valence-corrected chi connectivity index (χ4v) is 2.79. The molecule has 1 heterocycles. The van der Waals surface area contributed by atoms with Crippen molar-refractivity contribution in [3.8, 4) is 16.9 Å². The van der Waals surface area contributed by atoms with Gasteiger partial charge in [0, 0.05) is 11.1 Å². The number of nitrogens with two attached hydrogens (primary N) is 1. The molecule has 1 aromatic carbocycles. The van der Waals surface area contributed by atoms with Crippen LogP contribution >= 0.6 is 0 Å². The highest BCUT2D eigenvalue weighted by molar-refractivity contribution is 5.81. The molecule has 94 valence electrons. The molecule has 0 spiro atoms. The number of hydrogen-bond acceptors (Lipinski definition) is 3. The van der Waals surface area contributed by atoms with E-state index in [1.165, 1.54) is 30.4 Å². The number of aromatic amines is 1. The Hall–Kier alpha value is -1.97. The van der Waals surface area contributed by atoms with Gasteiger partial charge < -0.3 is 10.8 Å². The molecular formula is C14H17N3O. The Kier molecular flexibility index (Phi) is 2.70. The summed E-state index contributed by atoms with van der Waals surface area (Å²) in [4.78, 5) is 0. The van der Waals surface area contributed by atoms with E-state index in [4.69, 9.17) is 5.73 Å². The molecule has 0 bridgehead atoms. The van der Waals surface area contributed by atoms with E-state index in [2.05, 4.69) is 10.2 Å². The quantitative estimate of drug-likeness (QED) is 0.674. The molecule has 0 unspecified atom stereocenters. The Morgan fingerprint density at radius 2 is 2.00 bits per heavy atom. The largest absolute Gasteiger partial charge is 0.507 e. The van der Waals surface area contributed by atoms with Crippen molar-refractivity contribution in [1.29, 1.82) is 0 Å². The number of aromatic nitrogens is 2. The number of phenolic OH excluding ortho intramolecular Hbond substituents is 1. The van der Waals surface area contributed by atoms with Crippen LogP contribution in [0.5, 0.6) is 5.75 Å². The summed E-state index contributed by atoms with van der Waals surface area (Å²) >= 11 is 0. The predicted molar refractivity (Wildman–Crippen MR) is 71.4 cm³/mol. The fraction of sp³-hybridized carbons (Fsp3) is 0.357. The Balaban J connectivity index is 2.22. The van der Waals surface area contributed by atoms with E-state index in [9.17, 15) is 5.11 Å². The van der Waals surface area contributed by atoms with Crippen LogP contribution < -0.4 is 5.73 Å². The van der Waals surface area contributed by atoms with Crippen LogP contribution in [0.25, 0.3) is 11.1 Å². The number of nitrogen functional groups attached to an aromatic ring is 1. The van der Waals surface area contributed by atoms with Crippen molar-refractivity contribution < 1.29 is 5.11 Å². The number of fused-ring (bicyclic) bond motifs is 1. The highest BCUT2D eigenvalue weighted by Crippen LogP contribution is 2.39. The molecule has 4 nitrogen and oxygen atoms in total. The van der Waals surface area contributed by atoms with Crippen LogP contribution in [0.15, 0.2) is 18.3 Å². The van der Waals surface area contributed by atoms with Crippen molar-refractivity contribution in [1.82, 2.24) is 10.2 Å². The molecule has 2 aromatic rings. The minimum absolute atomic E-state index is 0.295. The molecule has 1 aliphatic carbocycles. The second-order valence-corrected chi connectivity index (χ2v) is 4.86. The number of phenols is 1. The lowest BCUT2D eigenvalue weighted by atomic mass is 9.93. The van der Waals surface area contributed by atoms with Crippen molar-refractivity contribution in [2.24, 2.45) is 0 Å². The molecule has 4 N–H and O–H groups in total. The summed E-state index contributed by atoms with van der Waals surface area (Å²) in [6.45, 7) is 0. The van der Waals surface area contributed by atoms with Gasteiger partial charge in [-0.1, -0.05) is 12.5 Å². The van der Waals surface area contributed by atoms with Gasteiger partial charge in [-0.15, -0.1) is 0 Å². The second-order valence-electron chi connectivity index (χ2n) is 4.86. The normalized spacial score (nSPS) is 15.1. The van der Waals surface area contributed by atoms with Gasteiger partial charge in [0.1, 0.15) is 11.6 Å². The summed E-state index contributed by atoms with van der Waals surface area (Å²) in [6, 6.07) is 3.81. The monoisotopic (exact) mass is 243 g/mol. The molecule has 0 radical (unpaired) electrons. The standard InChI is InChI=1S/C14H17N3O/c15-14-11(8-16-17-14)13-10-5-3-1-2-4-9(10)6-7-12(13)18/h6-8,18H,1-5H2,(H3,15,16,17). The van der Waals surface area contributed by atoms with E-state index < -0.39 is 0 Å². The molecule has 0 saturated carbocycles. The second kappa shape index (κ2) is 4.37. The van der Waals surface area contributed by atoms with Crippen molar-refractivity contribution in [2.45, 2.75) is 32.1 Å². The summed E-state index contributed by atoms with van der Waals surface area (Å²) in [5, 5.41) is 16.8. The van der Waals surface area contributed by atoms with E-state index in [0.29, 0.717) is 11.6 Å². The zero-order valence-corrected chi connectivity index (χ0v) is 10.2. The molecule has 1 aliphatic rings. The van der Waals surface area contributed by atoms with Gasteiger partial charge in [-0.3, -0.25) is 5.10 Å². The van der Waals surface area contributed by atoms with Crippen molar-refractivity contribution in [2.75, 3.05) is 5.73 Å². The third kappa shape index (κ3) is 1.74. The highest BCUT2D eigenvalue weighted by atomic mass is 16.3. The zero-order chi connectivity index (χ0) is 12.5. The van der Waals surface area contributed by atoms with Gasteiger partial charge in [0.2, 0.25) is 0 Å². The van der Waals surface area contributed by atoms with Crippen LogP contribution in [0.1, 0.15) is 30.4 Å². The summed E-state index contributed by atoms with van der Waals surface area (Å²) in [7, 11) is 0. The number of H-pyrrole nitrogens is 1. The van der Waals surface area contributed by atoms with E-state index in [1.54, 1.807) is 12.3 Å². The lowest BCUT2D eigenvalue weighted by molar-refractivity contribution is 0.476. The summed E-state index contributed by atoms with van der Waals surface area (Å²) in [6.07, 6.45) is 7.41. The SMILES string of the molecule is Nc1[nH]ncc1-c1c(O)ccc2c1CCCCC2. The number of hydrogen-bond donors (Lipinski definition) is 3. The highest BCUT2D eigenvalue weighted by Gasteiger charge is 2.19. The minimum atomic E-state index is 0.295. The van der Waals surface area contributed by atoms with Crippen molar-refractivity contribution >= 4 is 5.82 Å². The molecule has 4 heteroatoms. The molecule has 3 rings (SSSR count). The van der Waals surface area contributed by atoms with Gasteiger partial charge in [0.15, 0.2) is 0 Å². The van der Waals surface area contributed by atoms with Crippen LogP contribution in [0.4, 0.5) is 5.82 Å². The number of nitrogens with zero attached hydrogens (tertiary/aromatic N) is 1. The first kappa shape index (κ1) is 11.1. The van der Waals surface area contributed by atoms with Crippen molar-refractivity contribution in [3.05, 3.63) is 29.5 Å². The lowest BCUT2D eigenvalue weighted by Crippen LogP contribution is -1.97. The number of benzene rings is 1. The minimum Gasteiger partial charge on any atom is -0.507 e. The van der Waals surface area contributed by atoms with Gasteiger partial charge in [-0.2, -0.15) is 5.10 Å². The molecule has 0 fully saturated rings. The first-order valence-electron chi connectivity index (χ1n) is 6.40. The maximum atomic E-state index is 10.2. The van der Waals surface area contributed by atoms with Crippen LogP contribution in [0.3, 0.4) is 0 Å². The Morgan fingerprint density at radius 1 is 1.17 bits per heavy atom. The molecule has 0 aliphatic heterocycles. The van der Waals surface area contributed by atoms with Gasteiger partial charge in [0.05, 0.1) is 6.20 Å². The smallest absolute Gasteiger partial charge is 0.126 e. The average molecular weight is 243 g/mol. The Bertz CT molecular complexity index is 574. The average Bonchev–Trinajstić information content (AvgIpc) is 2.64. The molecule has 18 heavy (non-hydrogen) atoms. The predicted octanol–water partition coefficient (Wildman–Crippen LogP) is 2.63. The fourth-order valence-electron chi connectivity index (χ4n) is 2.79. The van der Waals surface area contributed by atoms with Crippen LogP contribution in [0, 0.1) is 0 Å². The maximum absolute atomic E-state index is 10.2. The third-order valence-electron chi connectivity index (χ3n) is 3.70. The van der Waals surface area contributed by atoms with E-state index in [1.807, 2.05) is 6.07 Å². The number of rotatable bonds is 1. The number of aromatic hydroxyl groups is 1. The number of anilines is 1. The van der Waals surface area contributed by atoms with Gasteiger partial charge in [-0.05, 0) is 42.9 Å². The molecule has 1 aromatic heterocycles. The summed E-state index contributed by atoms with van der Waals surface area (Å²) in [5.74, 6) is 0.812. The first-order chi connectivity index (χ1) is 8.77. The maximum Gasteiger partial charge on any atom is 0.126 e. The molecule has 0 amide bonds. The number of nitrogens with one attached hydrogen (secondary N) is 1. The topological polar surface area (TPSA) is 74.9 Å². The summed E-state index contributed by atoms with van der Waals surface area (Å²) < 4.78 is 0. The summed E-state index contributed by atoms with van der Waals surface area (Å²) in [5.41, 5.74) is 10.1. The Labute approximate surface area is 106 Å². The Morgan fingerprint density at radius 3 is 2.78 bits per heavy atom. The van der Waals surface area contributed by atoms with Crippen LogP contribution in [0.2, 0.25) is 0 Å². The van der Waals surface area contributed by atoms with Gasteiger partial charge >= 0.3 is 0 Å². The van der Waals surface area contributed by atoms with Crippen LogP contribution in [-0.4, -0.2) is 15.3 Å². The lowest BCUT2D eigenvalue weighted by Gasteiger charge is -2.13. The molecule has 0 atom stereocenters. The zero-order valence-electron chi connectivity index (χ0n) is 10.2. The number of aryl methyl sites for hydroxylation is 1. The molecule has 0 saturated heterocycles. The third-order valence-corrected chi connectivity index (χ3v) is 3.70. The first-order valence-corrected chi connectivity index (χ1v) is 6.40. The molecular weight excluding hydrogens is 226 g/mol. The van der Waals surface area contributed by atoms with Gasteiger partial charge in [-0.25, -0.2) is 0 Å². The van der Waals surface area contributed by atoms with E-state index in [-0.39, 0.29) is 0 Å². The van der Waals surface area contributed by atoms with E-state index in [0.717, 1.165) is 24.0 Å². The van der Waals surface area contributed by atoms with Crippen molar-refractivity contribution in [3.63, 3.8) is 0 Å². The van der Waals surface area contributed by atoms with E-state index >= 15 is 0 Å².